The van der Waals surface area contributed by atoms with Crippen molar-refractivity contribution in [2.75, 3.05) is 0 Å². The van der Waals surface area contributed by atoms with Gasteiger partial charge in [0.25, 0.3) is 0 Å². The third-order valence-electron chi connectivity index (χ3n) is 6.97. The van der Waals surface area contributed by atoms with Crippen LogP contribution in [-0.4, -0.2) is 0 Å². The van der Waals surface area contributed by atoms with Crippen molar-refractivity contribution in [3.8, 4) is 22.3 Å². The molecular formula is C37H35N. The van der Waals surface area contributed by atoms with Crippen LogP contribution in [0.15, 0.2) is 121 Å². The second-order valence-corrected chi connectivity index (χ2v) is 10.1. The van der Waals surface area contributed by atoms with Gasteiger partial charge < -0.3 is 5.73 Å². The first kappa shape index (κ1) is 25.3. The van der Waals surface area contributed by atoms with Gasteiger partial charge >= 0.3 is 0 Å². The van der Waals surface area contributed by atoms with Crippen molar-refractivity contribution in [2.24, 2.45) is 5.73 Å². The highest BCUT2D eigenvalue weighted by atomic mass is 14.6. The molecule has 6 aromatic rings. The van der Waals surface area contributed by atoms with E-state index in [1.165, 1.54) is 61.0 Å². The molecule has 6 rings (SSSR count). The molecule has 0 fully saturated rings. The average molecular weight is 494 g/mol. The maximum absolute atomic E-state index is 6.38. The SMILES string of the molecule is CC(C)=C(N)c1ccc2ccc(-c3c4ccccc4c(-c4ccccc4)c4ccccc34)cc2c1.CCC. The van der Waals surface area contributed by atoms with Crippen molar-refractivity contribution >= 4 is 38.0 Å². The predicted octanol–water partition coefficient (Wildman–Crippen LogP) is 10.6. The summed E-state index contributed by atoms with van der Waals surface area (Å²) >= 11 is 0. The molecule has 0 bridgehead atoms. The normalized spacial score (nSPS) is 10.8. The zero-order chi connectivity index (χ0) is 26.6. The van der Waals surface area contributed by atoms with Crippen molar-refractivity contribution < 1.29 is 0 Å². The lowest BCUT2D eigenvalue weighted by Gasteiger charge is -2.18. The minimum atomic E-state index is 0.848. The summed E-state index contributed by atoms with van der Waals surface area (Å²) in [5.74, 6) is 0. The van der Waals surface area contributed by atoms with Crippen molar-refractivity contribution in [1.29, 1.82) is 0 Å². The van der Waals surface area contributed by atoms with E-state index in [1.54, 1.807) is 0 Å². The van der Waals surface area contributed by atoms with E-state index in [1.807, 2.05) is 0 Å². The largest absolute Gasteiger partial charge is 0.398 e. The molecule has 0 saturated heterocycles. The molecule has 0 aliphatic carbocycles. The molecule has 0 radical (unpaired) electrons. The zero-order valence-electron chi connectivity index (χ0n) is 22.8. The van der Waals surface area contributed by atoms with E-state index in [0.717, 1.165) is 16.8 Å². The molecule has 0 aliphatic heterocycles. The molecule has 0 atom stereocenters. The Morgan fingerprint density at radius 3 is 1.53 bits per heavy atom. The van der Waals surface area contributed by atoms with Crippen LogP contribution < -0.4 is 5.73 Å². The topological polar surface area (TPSA) is 26.0 Å². The maximum atomic E-state index is 6.38. The van der Waals surface area contributed by atoms with Gasteiger partial charge in [0.2, 0.25) is 0 Å². The van der Waals surface area contributed by atoms with Gasteiger partial charge in [0.1, 0.15) is 0 Å². The van der Waals surface area contributed by atoms with Gasteiger partial charge in [-0.1, -0.05) is 129 Å². The van der Waals surface area contributed by atoms with E-state index >= 15 is 0 Å². The van der Waals surface area contributed by atoms with Crippen LogP contribution in [0.25, 0.3) is 60.3 Å². The van der Waals surface area contributed by atoms with Crippen molar-refractivity contribution in [3.63, 3.8) is 0 Å². The van der Waals surface area contributed by atoms with Gasteiger partial charge in [-0.2, -0.15) is 0 Å². The van der Waals surface area contributed by atoms with Gasteiger partial charge in [0, 0.05) is 5.70 Å². The molecule has 0 saturated carbocycles. The van der Waals surface area contributed by atoms with E-state index in [9.17, 15) is 0 Å². The Labute approximate surface area is 226 Å². The van der Waals surface area contributed by atoms with E-state index in [-0.39, 0.29) is 0 Å². The highest BCUT2D eigenvalue weighted by Crippen LogP contribution is 2.44. The third-order valence-corrected chi connectivity index (χ3v) is 6.97. The highest BCUT2D eigenvalue weighted by molar-refractivity contribution is 6.21. The molecule has 0 aliphatic rings. The molecule has 6 aromatic carbocycles. The average Bonchev–Trinajstić information content (AvgIpc) is 2.95. The molecule has 38 heavy (non-hydrogen) atoms. The minimum Gasteiger partial charge on any atom is -0.398 e. The maximum Gasteiger partial charge on any atom is 0.0374 e. The first-order valence-electron chi connectivity index (χ1n) is 13.5. The van der Waals surface area contributed by atoms with Gasteiger partial charge in [-0.15, -0.1) is 0 Å². The molecule has 0 spiro atoms. The second-order valence-electron chi connectivity index (χ2n) is 10.1. The Morgan fingerprint density at radius 1 is 0.526 bits per heavy atom. The monoisotopic (exact) mass is 493 g/mol. The van der Waals surface area contributed by atoms with Gasteiger partial charge in [-0.05, 0) is 86.1 Å². The van der Waals surface area contributed by atoms with E-state index in [2.05, 4.69) is 143 Å². The molecule has 0 unspecified atom stereocenters. The smallest absolute Gasteiger partial charge is 0.0374 e. The van der Waals surface area contributed by atoms with Crippen molar-refractivity contribution in [3.05, 3.63) is 126 Å². The third kappa shape index (κ3) is 4.68. The first-order valence-corrected chi connectivity index (χ1v) is 13.5. The standard InChI is InChI=1S/C34H27N.C3H8/c1-22(2)34(35)26-19-17-23-16-18-25(20-27(23)21-26)33-30-14-8-6-12-28(30)32(24-10-4-3-5-11-24)29-13-7-9-15-31(29)33;1-3-2/h3-21H,35H2,1-2H3;3H2,1-2H3. The summed E-state index contributed by atoms with van der Waals surface area (Å²) in [5.41, 5.74) is 14.5. The molecule has 0 heterocycles. The Balaban J connectivity index is 0.000000937. The number of rotatable bonds is 3. The lowest BCUT2D eigenvalue weighted by Crippen LogP contribution is -1.98. The van der Waals surface area contributed by atoms with Crippen LogP contribution in [-0.2, 0) is 0 Å². The second kappa shape index (κ2) is 10.9. The van der Waals surface area contributed by atoms with E-state index in [0.29, 0.717) is 0 Å². The van der Waals surface area contributed by atoms with Crippen LogP contribution >= 0.6 is 0 Å². The summed E-state index contributed by atoms with van der Waals surface area (Å²) in [7, 11) is 0. The van der Waals surface area contributed by atoms with Crippen LogP contribution in [0.4, 0.5) is 0 Å². The van der Waals surface area contributed by atoms with Crippen LogP contribution in [0, 0.1) is 0 Å². The van der Waals surface area contributed by atoms with Gasteiger partial charge in [-0.25, -0.2) is 0 Å². The molecule has 1 heteroatoms. The quantitative estimate of drug-likeness (QED) is 0.244. The Kier molecular flexibility index (Phi) is 7.29. The summed E-state index contributed by atoms with van der Waals surface area (Å²) in [6.45, 7) is 8.37. The Bertz CT molecular complexity index is 1710. The predicted molar refractivity (Wildman–Crippen MR) is 168 cm³/mol. The van der Waals surface area contributed by atoms with Crippen molar-refractivity contribution in [1.82, 2.24) is 0 Å². The zero-order valence-corrected chi connectivity index (χ0v) is 22.8. The fourth-order valence-corrected chi connectivity index (χ4v) is 5.21. The summed E-state index contributed by atoms with van der Waals surface area (Å²) in [5, 5.41) is 7.50. The molecule has 188 valence electrons. The van der Waals surface area contributed by atoms with Crippen LogP contribution in [0.5, 0.6) is 0 Å². The highest BCUT2D eigenvalue weighted by Gasteiger charge is 2.16. The van der Waals surface area contributed by atoms with Crippen LogP contribution in [0.1, 0.15) is 39.7 Å². The number of hydrogen-bond acceptors (Lipinski definition) is 1. The number of hydrogen-bond donors (Lipinski definition) is 1. The fourth-order valence-electron chi connectivity index (χ4n) is 5.21. The van der Waals surface area contributed by atoms with Gasteiger partial charge in [0.15, 0.2) is 0 Å². The van der Waals surface area contributed by atoms with Gasteiger partial charge in [0.05, 0.1) is 0 Å². The molecule has 0 amide bonds. The molecule has 1 nitrogen and oxygen atoms in total. The molecular weight excluding hydrogens is 458 g/mol. The minimum absolute atomic E-state index is 0.848. The lowest BCUT2D eigenvalue weighted by molar-refractivity contribution is 1.09. The van der Waals surface area contributed by atoms with E-state index < -0.39 is 0 Å². The summed E-state index contributed by atoms with van der Waals surface area (Å²) in [6.07, 6.45) is 1.25. The van der Waals surface area contributed by atoms with Crippen LogP contribution in [0.2, 0.25) is 0 Å². The summed E-state index contributed by atoms with van der Waals surface area (Å²) in [4.78, 5) is 0. The first-order chi connectivity index (χ1) is 18.5. The van der Waals surface area contributed by atoms with Crippen molar-refractivity contribution in [2.45, 2.75) is 34.1 Å². The Hall–Kier alpha value is -4.36. The summed E-state index contributed by atoms with van der Waals surface area (Å²) in [6, 6.07) is 41.6. The molecule has 0 aromatic heterocycles. The number of benzene rings is 6. The number of fused-ring (bicyclic) bond motifs is 3. The van der Waals surface area contributed by atoms with Crippen LogP contribution in [0.3, 0.4) is 0 Å². The summed E-state index contributed by atoms with van der Waals surface area (Å²) < 4.78 is 0. The Morgan fingerprint density at radius 2 is 1.00 bits per heavy atom. The lowest BCUT2D eigenvalue weighted by atomic mass is 9.85. The number of allylic oxidation sites excluding steroid dienone is 1. The van der Waals surface area contributed by atoms with Gasteiger partial charge in [-0.3, -0.25) is 0 Å². The number of nitrogens with two attached hydrogens (primary N) is 1. The fraction of sp³-hybridized carbons (Fsp3) is 0.135. The van der Waals surface area contributed by atoms with E-state index in [4.69, 9.17) is 5.73 Å². The molecule has 2 N–H and O–H groups in total.